The molecule has 1 amide bonds. The van der Waals surface area contributed by atoms with E-state index in [-0.39, 0.29) is 12.8 Å². The van der Waals surface area contributed by atoms with E-state index in [9.17, 15) is 14.7 Å². The van der Waals surface area contributed by atoms with Crippen LogP contribution in [0.2, 0.25) is 0 Å². The Morgan fingerprint density at radius 1 is 1.47 bits per heavy atom. The Morgan fingerprint density at radius 3 is 2.35 bits per heavy atom. The molecule has 0 bridgehead atoms. The molecule has 0 saturated heterocycles. The number of hydrogen-bond acceptors (Lipinski definition) is 5. The Balaban J connectivity index is 4.30. The summed E-state index contributed by atoms with van der Waals surface area (Å²) in [6, 6.07) is -1.22. The Bertz CT molecular complexity index is 308. The van der Waals surface area contributed by atoms with Gasteiger partial charge in [-0.1, -0.05) is 0 Å². The van der Waals surface area contributed by atoms with E-state index in [0.717, 1.165) is 0 Å². The number of carboxylic acids is 1. The predicted molar refractivity (Wildman–Crippen MR) is 57.8 cm³/mol. The van der Waals surface area contributed by atoms with Crippen molar-refractivity contribution in [1.29, 1.82) is 5.41 Å². The van der Waals surface area contributed by atoms with Crippen LogP contribution in [-0.2, 0) is 9.53 Å². The first-order chi connectivity index (χ1) is 7.61. The maximum atomic E-state index is 11.3. The molecule has 0 rings (SSSR count). The average Bonchev–Trinajstić information content (AvgIpc) is 2.08. The van der Waals surface area contributed by atoms with Crippen LogP contribution in [0.3, 0.4) is 0 Å². The molecule has 0 heterocycles. The van der Waals surface area contributed by atoms with E-state index in [1.807, 2.05) is 0 Å². The van der Waals surface area contributed by atoms with Crippen LogP contribution in [0.25, 0.3) is 0 Å². The summed E-state index contributed by atoms with van der Waals surface area (Å²) in [5.74, 6) is -2.14. The summed E-state index contributed by atoms with van der Waals surface area (Å²) in [4.78, 5) is 22.1. The number of ether oxygens (including phenoxy) is 1. The Labute approximate surface area is 99.3 Å². The van der Waals surface area contributed by atoms with Gasteiger partial charge in [0.05, 0.1) is 0 Å². The van der Waals surface area contributed by atoms with Gasteiger partial charge in [-0.15, -0.1) is 0 Å². The Morgan fingerprint density at radius 2 is 2.00 bits per heavy atom. The van der Waals surface area contributed by atoms with E-state index in [1.54, 1.807) is 20.8 Å². The van der Waals surface area contributed by atoms with Crippen molar-refractivity contribution >= 4 is 18.0 Å². The van der Waals surface area contributed by atoms with Crippen molar-refractivity contribution in [3.05, 3.63) is 0 Å². The van der Waals surface area contributed by atoms with Crippen LogP contribution in [0.5, 0.6) is 0 Å². The molecule has 17 heavy (non-hydrogen) atoms. The van der Waals surface area contributed by atoms with Gasteiger partial charge < -0.3 is 25.7 Å². The molecule has 0 aromatic carbocycles. The van der Waals surface area contributed by atoms with Crippen molar-refractivity contribution in [1.82, 2.24) is 5.32 Å². The van der Waals surface area contributed by atoms with E-state index in [1.165, 1.54) is 0 Å². The minimum Gasteiger partial charge on any atom is -0.862 e. The molecule has 0 radical (unpaired) electrons. The van der Waals surface area contributed by atoms with Gasteiger partial charge in [0.25, 0.3) is 0 Å². The Hall–Kier alpha value is -1.79. The largest absolute Gasteiger partial charge is 0.862 e. The van der Waals surface area contributed by atoms with Gasteiger partial charge in [0.2, 0.25) is 0 Å². The van der Waals surface area contributed by atoms with Crippen LogP contribution in [0.4, 0.5) is 4.79 Å². The van der Waals surface area contributed by atoms with Crippen molar-refractivity contribution < 1.29 is 24.5 Å². The summed E-state index contributed by atoms with van der Waals surface area (Å²) in [6.45, 7) is 4.95. The highest BCUT2D eigenvalue weighted by Crippen LogP contribution is 2.07. The van der Waals surface area contributed by atoms with Gasteiger partial charge in [0, 0.05) is 0 Å². The normalized spacial score (nSPS) is 12.6. The number of carbonyl (C=O) groups excluding carboxylic acids is 1. The average molecular weight is 245 g/mol. The minimum absolute atomic E-state index is 0.128. The Kier molecular flexibility index (Phi) is 5.43. The molecule has 0 fully saturated rings. The highest BCUT2D eigenvalue weighted by Gasteiger charge is 2.23. The van der Waals surface area contributed by atoms with Gasteiger partial charge in [-0.05, 0) is 39.5 Å². The number of carbonyl (C=O) groups is 2. The molecule has 0 unspecified atom stereocenters. The molecule has 7 nitrogen and oxygen atoms in total. The number of amides is 1. The van der Waals surface area contributed by atoms with E-state index in [2.05, 4.69) is 5.32 Å². The summed E-state index contributed by atoms with van der Waals surface area (Å²) in [7, 11) is 0. The van der Waals surface area contributed by atoms with E-state index in [0.29, 0.717) is 0 Å². The SMILES string of the molecule is CC(C)(C)OC(=O)N[C@@H](CCC(=N)[O-])C(=O)O. The van der Waals surface area contributed by atoms with Crippen molar-refractivity contribution in [2.24, 2.45) is 0 Å². The highest BCUT2D eigenvalue weighted by molar-refractivity contribution is 5.80. The third kappa shape index (κ3) is 8.06. The molecular formula is C10H17N2O5-. The number of hydrogen-bond donors (Lipinski definition) is 3. The molecule has 0 saturated carbocycles. The maximum Gasteiger partial charge on any atom is 0.408 e. The lowest BCUT2D eigenvalue weighted by Crippen LogP contribution is -2.44. The van der Waals surface area contributed by atoms with E-state index >= 15 is 0 Å². The number of nitrogens with one attached hydrogen (secondary N) is 2. The first-order valence-corrected chi connectivity index (χ1v) is 5.08. The molecule has 0 aromatic heterocycles. The highest BCUT2D eigenvalue weighted by atomic mass is 16.6. The zero-order valence-electron chi connectivity index (χ0n) is 10.1. The quantitative estimate of drug-likeness (QED) is 0.467. The van der Waals surface area contributed by atoms with Crippen molar-refractivity contribution in [3.63, 3.8) is 0 Å². The van der Waals surface area contributed by atoms with Crippen LogP contribution >= 0.6 is 0 Å². The van der Waals surface area contributed by atoms with Crippen LogP contribution in [0.1, 0.15) is 33.6 Å². The van der Waals surface area contributed by atoms with Crippen LogP contribution in [0, 0.1) is 5.41 Å². The van der Waals surface area contributed by atoms with Crippen molar-refractivity contribution in [2.45, 2.75) is 45.3 Å². The molecule has 0 aliphatic carbocycles. The molecule has 7 heteroatoms. The summed E-state index contributed by atoms with van der Waals surface area (Å²) in [5, 5.41) is 28.0. The molecule has 3 N–H and O–H groups in total. The van der Waals surface area contributed by atoms with Gasteiger partial charge >= 0.3 is 12.1 Å². The van der Waals surface area contributed by atoms with Crippen LogP contribution in [-0.4, -0.2) is 34.7 Å². The summed E-state index contributed by atoms with van der Waals surface area (Å²) in [5.41, 5.74) is -0.724. The molecule has 0 aliphatic rings. The van der Waals surface area contributed by atoms with Crippen molar-refractivity contribution in [3.8, 4) is 0 Å². The van der Waals surface area contributed by atoms with E-state index in [4.69, 9.17) is 15.3 Å². The zero-order valence-corrected chi connectivity index (χ0v) is 10.1. The van der Waals surface area contributed by atoms with Gasteiger partial charge in [0.1, 0.15) is 11.6 Å². The second-order valence-electron chi connectivity index (χ2n) is 4.50. The van der Waals surface area contributed by atoms with Gasteiger partial charge in [-0.2, -0.15) is 0 Å². The first-order valence-electron chi connectivity index (χ1n) is 5.08. The summed E-state index contributed by atoms with van der Waals surface area (Å²) >= 11 is 0. The monoisotopic (exact) mass is 245 g/mol. The first kappa shape index (κ1) is 15.2. The number of aliphatic carboxylic acids is 1. The fraction of sp³-hybridized carbons (Fsp3) is 0.700. The summed E-state index contributed by atoms with van der Waals surface area (Å²) in [6.07, 6.45) is -1.22. The molecule has 0 aromatic rings. The fourth-order valence-electron chi connectivity index (χ4n) is 0.983. The van der Waals surface area contributed by atoms with Crippen LogP contribution < -0.4 is 10.4 Å². The second kappa shape index (κ2) is 6.07. The third-order valence-electron chi connectivity index (χ3n) is 1.65. The predicted octanol–water partition coefficient (Wildman–Crippen LogP) is 0.0821. The molecule has 98 valence electrons. The molecule has 0 spiro atoms. The smallest absolute Gasteiger partial charge is 0.408 e. The molecular weight excluding hydrogens is 228 g/mol. The summed E-state index contributed by atoms with van der Waals surface area (Å²) < 4.78 is 4.88. The zero-order chi connectivity index (χ0) is 13.6. The van der Waals surface area contributed by atoms with Gasteiger partial charge in [0.15, 0.2) is 0 Å². The van der Waals surface area contributed by atoms with E-state index < -0.39 is 29.6 Å². The number of rotatable bonds is 5. The lowest BCUT2D eigenvalue weighted by molar-refractivity contribution is -0.220. The molecule has 1 atom stereocenters. The topological polar surface area (TPSA) is 123 Å². The number of carboxylic acid groups (broad SMARTS) is 1. The minimum atomic E-state index is -1.27. The number of alkyl carbamates (subject to hydrolysis) is 1. The van der Waals surface area contributed by atoms with Gasteiger partial charge in [-0.25, -0.2) is 9.59 Å². The third-order valence-corrected chi connectivity index (χ3v) is 1.65. The lowest BCUT2D eigenvalue weighted by Gasteiger charge is -2.22. The van der Waals surface area contributed by atoms with Gasteiger partial charge in [-0.3, -0.25) is 0 Å². The maximum absolute atomic E-state index is 11.3. The standard InChI is InChI=1S/C10H18N2O5/c1-10(2,3)17-9(16)12-6(8(14)15)4-5-7(11)13/h6H,4-5H2,1-3H3,(H2,11,13)(H,12,16)(H,14,15)/p-1/t6-/m0/s1. The second-order valence-corrected chi connectivity index (χ2v) is 4.50. The van der Waals surface area contributed by atoms with Crippen molar-refractivity contribution in [2.75, 3.05) is 0 Å². The molecule has 0 aliphatic heterocycles. The lowest BCUT2D eigenvalue weighted by atomic mass is 10.1. The van der Waals surface area contributed by atoms with Crippen LogP contribution in [0.15, 0.2) is 0 Å². The fourth-order valence-corrected chi connectivity index (χ4v) is 0.983.